The molecule has 0 radical (unpaired) electrons. The highest BCUT2D eigenvalue weighted by atomic mass is 79.9. The molecule has 3 rings (SSSR count). The summed E-state index contributed by atoms with van der Waals surface area (Å²) < 4.78 is 0.874. The summed E-state index contributed by atoms with van der Waals surface area (Å²) in [6.45, 7) is 0. The lowest BCUT2D eigenvalue weighted by Crippen LogP contribution is -2.38. The molecule has 2 atom stereocenters. The summed E-state index contributed by atoms with van der Waals surface area (Å²) in [6.07, 6.45) is 0. The van der Waals surface area contributed by atoms with Crippen LogP contribution in [0.3, 0.4) is 0 Å². The maximum absolute atomic E-state index is 11.6. The van der Waals surface area contributed by atoms with Crippen LogP contribution in [0, 0.1) is 0 Å². The number of hydrogen-bond donors (Lipinski definition) is 1. The molecule has 0 aliphatic carbocycles. The second-order valence-corrected chi connectivity index (χ2v) is 4.69. The number of carbonyl (C=O) groups is 2. The molecule has 0 saturated carbocycles. The van der Waals surface area contributed by atoms with E-state index in [2.05, 4.69) is 31.6 Å². The summed E-state index contributed by atoms with van der Waals surface area (Å²) in [5, 5.41) is 11.4. The first kappa shape index (κ1) is 10.4. The van der Waals surface area contributed by atoms with Gasteiger partial charge in [0.05, 0.1) is 5.69 Å². The number of nitrogens with one attached hydrogen (secondary N) is 1. The van der Waals surface area contributed by atoms with Crippen molar-refractivity contribution in [2.45, 2.75) is 12.1 Å². The van der Waals surface area contributed by atoms with Gasteiger partial charge in [-0.05, 0) is 18.2 Å². The third-order valence-corrected chi connectivity index (χ3v) is 3.18. The number of rotatable bonds is 1. The van der Waals surface area contributed by atoms with Crippen LogP contribution in [0.1, 0.15) is 0 Å². The first-order valence-corrected chi connectivity index (χ1v) is 5.76. The van der Waals surface area contributed by atoms with Gasteiger partial charge in [0, 0.05) is 4.47 Å². The highest BCUT2D eigenvalue weighted by Gasteiger charge is 2.49. The average Bonchev–Trinajstić information content (AvgIpc) is 2.82. The summed E-state index contributed by atoms with van der Waals surface area (Å²) in [6, 6.07) is 5.95. The Bertz CT molecular complexity index is 545. The molecule has 0 bridgehead atoms. The second-order valence-electron chi connectivity index (χ2n) is 3.77. The van der Waals surface area contributed by atoms with E-state index in [1.165, 1.54) is 5.01 Å². The van der Waals surface area contributed by atoms with Crippen LogP contribution >= 0.6 is 15.9 Å². The molecule has 7 heteroatoms. The molecule has 2 amide bonds. The molecule has 1 fully saturated rings. The molecule has 0 aromatic heterocycles. The average molecular weight is 295 g/mol. The fourth-order valence-electron chi connectivity index (χ4n) is 1.91. The molecule has 0 spiro atoms. The third-order valence-electron chi connectivity index (χ3n) is 2.69. The number of carbonyl (C=O) groups excluding carboxylic acids is 2. The maximum Gasteiger partial charge on any atom is 0.256 e. The summed E-state index contributed by atoms with van der Waals surface area (Å²) >= 11 is 3.34. The number of nitrogens with zero attached hydrogens (tertiary/aromatic N) is 3. The SMILES string of the molecule is O=C1NC(=O)C2C1N=NN2c1cccc(Br)c1. The molecule has 2 heterocycles. The van der Waals surface area contributed by atoms with Gasteiger partial charge in [-0.1, -0.05) is 27.2 Å². The van der Waals surface area contributed by atoms with Gasteiger partial charge in [-0.3, -0.25) is 14.9 Å². The van der Waals surface area contributed by atoms with E-state index in [9.17, 15) is 9.59 Å². The Labute approximate surface area is 105 Å². The van der Waals surface area contributed by atoms with E-state index >= 15 is 0 Å². The Morgan fingerprint density at radius 1 is 1.29 bits per heavy atom. The molecular weight excluding hydrogens is 288 g/mol. The second kappa shape index (κ2) is 3.63. The number of fused-ring (bicyclic) bond motifs is 1. The Hall–Kier alpha value is -1.76. The number of imide groups is 1. The van der Waals surface area contributed by atoms with Gasteiger partial charge in [0.25, 0.3) is 11.8 Å². The lowest BCUT2D eigenvalue weighted by molar-refractivity contribution is -0.125. The highest BCUT2D eigenvalue weighted by Crippen LogP contribution is 2.30. The van der Waals surface area contributed by atoms with Crippen LogP contribution in [-0.4, -0.2) is 23.9 Å². The zero-order valence-electron chi connectivity index (χ0n) is 8.50. The van der Waals surface area contributed by atoms with Crippen LogP contribution in [0.5, 0.6) is 0 Å². The summed E-state index contributed by atoms with van der Waals surface area (Å²) in [4.78, 5) is 23.0. The van der Waals surface area contributed by atoms with E-state index in [-0.39, 0.29) is 11.8 Å². The van der Waals surface area contributed by atoms with Crippen LogP contribution in [0.4, 0.5) is 5.69 Å². The molecule has 1 aromatic carbocycles. The number of halogens is 1. The molecule has 1 aromatic rings. The van der Waals surface area contributed by atoms with Crippen molar-refractivity contribution in [3.63, 3.8) is 0 Å². The lowest BCUT2D eigenvalue weighted by atomic mass is 10.1. The predicted octanol–water partition coefficient (Wildman–Crippen LogP) is 1.03. The molecule has 17 heavy (non-hydrogen) atoms. The van der Waals surface area contributed by atoms with Crippen LogP contribution < -0.4 is 10.3 Å². The summed E-state index contributed by atoms with van der Waals surface area (Å²) in [5.74, 6) is -0.744. The fourth-order valence-corrected chi connectivity index (χ4v) is 2.30. The number of hydrogen-bond acceptors (Lipinski definition) is 5. The van der Waals surface area contributed by atoms with E-state index in [1.54, 1.807) is 0 Å². The molecule has 86 valence electrons. The Kier molecular flexibility index (Phi) is 2.22. The topological polar surface area (TPSA) is 74.1 Å². The molecule has 2 unspecified atom stereocenters. The highest BCUT2D eigenvalue weighted by molar-refractivity contribution is 9.10. The van der Waals surface area contributed by atoms with Crippen LogP contribution in [0.2, 0.25) is 0 Å². The standard InChI is InChI=1S/C10H7BrN4O2/c11-5-2-1-3-6(4-5)15-8-7(13-14-15)9(16)12-10(8)17/h1-4,7-8H,(H,12,16,17). The maximum atomic E-state index is 11.6. The smallest absolute Gasteiger partial charge is 0.256 e. The minimum atomic E-state index is -0.721. The Morgan fingerprint density at radius 2 is 2.12 bits per heavy atom. The Balaban J connectivity index is 1.99. The van der Waals surface area contributed by atoms with Gasteiger partial charge in [-0.25, -0.2) is 5.01 Å². The number of benzene rings is 1. The van der Waals surface area contributed by atoms with E-state index in [0.717, 1.165) is 10.2 Å². The monoisotopic (exact) mass is 294 g/mol. The van der Waals surface area contributed by atoms with Gasteiger partial charge in [0.15, 0.2) is 12.1 Å². The van der Waals surface area contributed by atoms with E-state index in [0.29, 0.717) is 0 Å². The molecular formula is C10H7BrN4O2. The van der Waals surface area contributed by atoms with E-state index < -0.39 is 12.1 Å². The molecule has 2 aliphatic rings. The van der Waals surface area contributed by atoms with Crippen molar-refractivity contribution in [2.24, 2.45) is 10.3 Å². The molecule has 1 saturated heterocycles. The zero-order chi connectivity index (χ0) is 12.0. The van der Waals surface area contributed by atoms with Crippen LogP contribution in [-0.2, 0) is 9.59 Å². The normalized spacial score (nSPS) is 26.3. The molecule has 1 N–H and O–H groups in total. The number of anilines is 1. The lowest BCUT2D eigenvalue weighted by Gasteiger charge is -2.18. The fraction of sp³-hybridized carbons (Fsp3) is 0.200. The van der Waals surface area contributed by atoms with Gasteiger partial charge in [0.1, 0.15) is 0 Å². The van der Waals surface area contributed by atoms with Gasteiger partial charge < -0.3 is 0 Å². The van der Waals surface area contributed by atoms with Crippen molar-refractivity contribution >= 4 is 33.4 Å². The minimum Gasteiger partial charge on any atom is -0.292 e. The summed E-state index contributed by atoms with van der Waals surface area (Å²) in [5.41, 5.74) is 0.723. The third kappa shape index (κ3) is 1.54. The predicted molar refractivity (Wildman–Crippen MR) is 62.2 cm³/mol. The number of amides is 2. The summed E-state index contributed by atoms with van der Waals surface area (Å²) in [7, 11) is 0. The molecule has 2 aliphatic heterocycles. The van der Waals surface area contributed by atoms with E-state index in [1.807, 2.05) is 24.3 Å². The first-order valence-electron chi connectivity index (χ1n) is 4.97. The molecule has 6 nitrogen and oxygen atoms in total. The van der Waals surface area contributed by atoms with Crippen molar-refractivity contribution < 1.29 is 9.59 Å². The van der Waals surface area contributed by atoms with Gasteiger partial charge in [0.2, 0.25) is 0 Å². The van der Waals surface area contributed by atoms with Crippen molar-refractivity contribution in [1.82, 2.24) is 5.32 Å². The van der Waals surface area contributed by atoms with Crippen molar-refractivity contribution in [2.75, 3.05) is 5.01 Å². The largest absolute Gasteiger partial charge is 0.292 e. The van der Waals surface area contributed by atoms with Crippen molar-refractivity contribution in [1.29, 1.82) is 0 Å². The van der Waals surface area contributed by atoms with Gasteiger partial charge >= 0.3 is 0 Å². The quantitative estimate of drug-likeness (QED) is 0.786. The van der Waals surface area contributed by atoms with E-state index in [4.69, 9.17) is 0 Å². The van der Waals surface area contributed by atoms with Crippen LogP contribution in [0.25, 0.3) is 0 Å². The van der Waals surface area contributed by atoms with Crippen LogP contribution in [0.15, 0.2) is 39.1 Å². The van der Waals surface area contributed by atoms with Crippen molar-refractivity contribution in [3.05, 3.63) is 28.7 Å². The van der Waals surface area contributed by atoms with Gasteiger partial charge in [-0.15, -0.1) is 0 Å². The zero-order valence-corrected chi connectivity index (χ0v) is 10.1. The Morgan fingerprint density at radius 3 is 2.88 bits per heavy atom. The van der Waals surface area contributed by atoms with Crippen molar-refractivity contribution in [3.8, 4) is 0 Å². The minimum absolute atomic E-state index is 0.357. The first-order chi connectivity index (χ1) is 8.16. The van der Waals surface area contributed by atoms with Gasteiger partial charge in [-0.2, -0.15) is 5.11 Å².